The average molecular weight is 260 g/mol. The fraction of sp³-hybridized carbons (Fsp3) is 0.0769. The summed E-state index contributed by atoms with van der Waals surface area (Å²) in [6.45, 7) is -0.118. The highest BCUT2D eigenvalue weighted by atomic mass is 35.5. The number of aliphatic hydroxyl groups excluding tert-OH is 1. The zero-order valence-electron chi connectivity index (χ0n) is 9.42. The maximum atomic E-state index is 9.21. The van der Waals surface area contributed by atoms with Crippen LogP contribution in [0.5, 0.6) is 0 Å². The Hall–Kier alpha value is -1.91. The first kappa shape index (κ1) is 11.2. The second-order valence-corrected chi connectivity index (χ2v) is 4.31. The van der Waals surface area contributed by atoms with Crippen molar-refractivity contribution in [3.05, 3.63) is 53.3 Å². The number of para-hydroxylation sites is 1. The first-order chi connectivity index (χ1) is 8.79. The van der Waals surface area contributed by atoms with Crippen molar-refractivity contribution in [2.45, 2.75) is 6.61 Å². The molecule has 2 heterocycles. The van der Waals surface area contributed by atoms with Crippen molar-refractivity contribution >= 4 is 22.5 Å². The van der Waals surface area contributed by atoms with Crippen LogP contribution in [0.1, 0.15) is 5.56 Å². The summed E-state index contributed by atoms with van der Waals surface area (Å²) in [6, 6.07) is 9.60. The second-order valence-electron chi connectivity index (χ2n) is 3.91. The van der Waals surface area contributed by atoms with Gasteiger partial charge in [-0.2, -0.15) is 5.10 Å². The first-order valence-electron chi connectivity index (χ1n) is 5.48. The SMILES string of the molecule is OCc1cc(-n2ncc3ccccc32)ncc1Cl. The molecular weight excluding hydrogens is 250 g/mol. The number of pyridine rings is 1. The van der Waals surface area contributed by atoms with E-state index in [0.29, 0.717) is 16.4 Å². The fourth-order valence-corrected chi connectivity index (χ4v) is 2.02. The molecule has 1 N–H and O–H groups in total. The lowest BCUT2D eigenvalue weighted by Crippen LogP contribution is -2.00. The van der Waals surface area contributed by atoms with E-state index in [0.717, 1.165) is 10.9 Å². The van der Waals surface area contributed by atoms with E-state index in [9.17, 15) is 5.11 Å². The molecule has 0 unspecified atom stereocenters. The van der Waals surface area contributed by atoms with Crippen LogP contribution in [0.15, 0.2) is 42.7 Å². The first-order valence-corrected chi connectivity index (χ1v) is 5.86. The van der Waals surface area contributed by atoms with Crippen LogP contribution in [0.2, 0.25) is 5.02 Å². The predicted molar refractivity (Wildman–Crippen MR) is 69.8 cm³/mol. The fourth-order valence-electron chi connectivity index (χ4n) is 1.86. The Morgan fingerprint density at radius 1 is 1.22 bits per heavy atom. The standard InChI is InChI=1S/C13H10ClN3O/c14-11-7-15-13(5-10(11)8-18)17-12-4-2-1-3-9(12)6-16-17/h1-7,18H,8H2. The molecule has 0 amide bonds. The van der Waals surface area contributed by atoms with Crippen LogP contribution in [0, 0.1) is 0 Å². The molecule has 0 atom stereocenters. The van der Waals surface area contributed by atoms with Gasteiger partial charge >= 0.3 is 0 Å². The topological polar surface area (TPSA) is 50.9 Å². The second kappa shape index (κ2) is 4.40. The Kier molecular flexibility index (Phi) is 2.74. The predicted octanol–water partition coefficient (Wildman–Crippen LogP) is 2.57. The van der Waals surface area contributed by atoms with E-state index in [1.165, 1.54) is 6.20 Å². The van der Waals surface area contributed by atoms with Gasteiger partial charge in [0.05, 0.1) is 23.3 Å². The largest absolute Gasteiger partial charge is 0.392 e. The zero-order chi connectivity index (χ0) is 12.5. The third-order valence-electron chi connectivity index (χ3n) is 2.78. The van der Waals surface area contributed by atoms with Gasteiger partial charge in [0.15, 0.2) is 5.82 Å². The van der Waals surface area contributed by atoms with E-state index in [1.54, 1.807) is 16.9 Å². The number of benzene rings is 1. The Labute approximate surface area is 108 Å². The molecule has 18 heavy (non-hydrogen) atoms. The quantitative estimate of drug-likeness (QED) is 0.770. The Morgan fingerprint density at radius 3 is 2.89 bits per heavy atom. The minimum atomic E-state index is -0.118. The van der Waals surface area contributed by atoms with Gasteiger partial charge in [-0.05, 0) is 12.1 Å². The van der Waals surface area contributed by atoms with E-state index in [1.807, 2.05) is 24.3 Å². The van der Waals surface area contributed by atoms with E-state index < -0.39 is 0 Å². The van der Waals surface area contributed by atoms with E-state index in [-0.39, 0.29) is 6.61 Å². The van der Waals surface area contributed by atoms with Gasteiger partial charge in [0.1, 0.15) is 0 Å². The number of nitrogens with zero attached hydrogens (tertiary/aromatic N) is 3. The van der Waals surface area contributed by atoms with Gasteiger partial charge in [0, 0.05) is 17.1 Å². The lowest BCUT2D eigenvalue weighted by Gasteiger charge is -2.05. The van der Waals surface area contributed by atoms with E-state index >= 15 is 0 Å². The normalized spacial score (nSPS) is 11.0. The maximum Gasteiger partial charge on any atom is 0.154 e. The van der Waals surface area contributed by atoms with Crippen LogP contribution < -0.4 is 0 Å². The minimum absolute atomic E-state index is 0.118. The molecule has 0 saturated heterocycles. The molecule has 3 aromatic rings. The molecule has 0 aliphatic heterocycles. The minimum Gasteiger partial charge on any atom is -0.392 e. The third-order valence-corrected chi connectivity index (χ3v) is 3.13. The number of hydrogen-bond acceptors (Lipinski definition) is 3. The molecule has 0 bridgehead atoms. The van der Waals surface area contributed by atoms with Crippen molar-refractivity contribution in [3.8, 4) is 5.82 Å². The molecule has 2 aromatic heterocycles. The smallest absolute Gasteiger partial charge is 0.154 e. The van der Waals surface area contributed by atoms with Gasteiger partial charge in [-0.15, -0.1) is 0 Å². The molecule has 0 fully saturated rings. The van der Waals surface area contributed by atoms with Crippen molar-refractivity contribution in [2.75, 3.05) is 0 Å². The van der Waals surface area contributed by atoms with Gasteiger partial charge in [0.2, 0.25) is 0 Å². The molecule has 0 aliphatic rings. The van der Waals surface area contributed by atoms with E-state index in [2.05, 4.69) is 10.1 Å². The number of rotatable bonds is 2. The summed E-state index contributed by atoms with van der Waals surface area (Å²) < 4.78 is 1.73. The highest BCUT2D eigenvalue weighted by molar-refractivity contribution is 6.31. The summed E-state index contributed by atoms with van der Waals surface area (Å²) in [6.07, 6.45) is 3.31. The molecule has 5 heteroatoms. The van der Waals surface area contributed by atoms with Crippen LogP contribution in [0.4, 0.5) is 0 Å². The monoisotopic (exact) mass is 259 g/mol. The van der Waals surface area contributed by atoms with Crippen LogP contribution in [-0.2, 0) is 6.61 Å². The van der Waals surface area contributed by atoms with Crippen molar-refractivity contribution in [1.82, 2.24) is 14.8 Å². The Bertz CT molecular complexity index is 708. The molecular formula is C13H10ClN3O. The van der Waals surface area contributed by atoms with Crippen molar-refractivity contribution in [3.63, 3.8) is 0 Å². The van der Waals surface area contributed by atoms with Crippen molar-refractivity contribution < 1.29 is 5.11 Å². The van der Waals surface area contributed by atoms with Crippen LogP contribution in [-0.4, -0.2) is 19.9 Å². The van der Waals surface area contributed by atoms with Gasteiger partial charge in [-0.25, -0.2) is 9.67 Å². The van der Waals surface area contributed by atoms with Gasteiger partial charge in [0.25, 0.3) is 0 Å². The lowest BCUT2D eigenvalue weighted by molar-refractivity contribution is 0.282. The molecule has 0 radical (unpaired) electrons. The number of aromatic nitrogens is 3. The summed E-state index contributed by atoms with van der Waals surface area (Å²) in [5.74, 6) is 0.643. The van der Waals surface area contributed by atoms with Gasteiger partial charge in [-0.3, -0.25) is 0 Å². The van der Waals surface area contributed by atoms with E-state index in [4.69, 9.17) is 11.6 Å². The van der Waals surface area contributed by atoms with Gasteiger partial charge < -0.3 is 5.11 Å². The van der Waals surface area contributed by atoms with Crippen LogP contribution in [0.25, 0.3) is 16.7 Å². The summed E-state index contributed by atoms with van der Waals surface area (Å²) in [5.41, 5.74) is 1.61. The zero-order valence-corrected chi connectivity index (χ0v) is 10.2. The summed E-state index contributed by atoms with van der Waals surface area (Å²) in [5, 5.41) is 15.0. The summed E-state index contributed by atoms with van der Waals surface area (Å²) >= 11 is 5.92. The summed E-state index contributed by atoms with van der Waals surface area (Å²) in [7, 11) is 0. The van der Waals surface area contributed by atoms with Crippen LogP contribution >= 0.6 is 11.6 Å². The highest BCUT2D eigenvalue weighted by Gasteiger charge is 2.08. The highest BCUT2D eigenvalue weighted by Crippen LogP contribution is 2.20. The Morgan fingerprint density at radius 2 is 2.06 bits per heavy atom. The van der Waals surface area contributed by atoms with Crippen LogP contribution in [0.3, 0.4) is 0 Å². The number of halogens is 1. The molecule has 3 rings (SSSR count). The molecule has 4 nitrogen and oxygen atoms in total. The molecule has 1 aromatic carbocycles. The molecule has 0 aliphatic carbocycles. The lowest BCUT2D eigenvalue weighted by atomic mass is 10.2. The summed E-state index contributed by atoms with van der Waals surface area (Å²) in [4.78, 5) is 4.24. The molecule has 0 spiro atoms. The Balaban J connectivity index is 2.20. The third kappa shape index (κ3) is 1.75. The average Bonchev–Trinajstić information content (AvgIpc) is 2.83. The number of hydrogen-bond donors (Lipinski definition) is 1. The number of aliphatic hydroxyl groups is 1. The molecule has 90 valence electrons. The van der Waals surface area contributed by atoms with Gasteiger partial charge in [-0.1, -0.05) is 29.8 Å². The number of fused-ring (bicyclic) bond motifs is 1. The maximum absolute atomic E-state index is 9.21. The molecule has 0 saturated carbocycles. The van der Waals surface area contributed by atoms with Crippen molar-refractivity contribution in [2.24, 2.45) is 0 Å². The van der Waals surface area contributed by atoms with Crippen molar-refractivity contribution in [1.29, 1.82) is 0 Å².